The predicted octanol–water partition coefficient (Wildman–Crippen LogP) is 1.33. The van der Waals surface area contributed by atoms with Crippen LogP contribution in [0.3, 0.4) is 0 Å². The molecule has 0 atom stereocenters. The predicted molar refractivity (Wildman–Crippen MR) is 60.9 cm³/mol. The smallest absolute Gasteiger partial charge is 0.119 e. The molecule has 2 N–H and O–H groups in total. The SMILES string of the molecule is C=CCNCc1ccc(OCCO)cc1. The van der Waals surface area contributed by atoms with Crippen molar-refractivity contribution < 1.29 is 9.84 Å². The van der Waals surface area contributed by atoms with E-state index in [1.807, 2.05) is 30.3 Å². The molecule has 82 valence electrons. The standard InChI is InChI=1S/C12H17NO2/c1-2-7-13-10-11-3-5-12(6-4-11)15-9-8-14/h2-6,13-14H,1,7-10H2. The molecule has 0 aromatic heterocycles. The van der Waals surface area contributed by atoms with Gasteiger partial charge in [0.15, 0.2) is 0 Å². The van der Waals surface area contributed by atoms with E-state index in [2.05, 4.69) is 11.9 Å². The van der Waals surface area contributed by atoms with Gasteiger partial charge < -0.3 is 15.2 Å². The molecular formula is C12H17NO2. The number of hydrogen-bond donors (Lipinski definition) is 2. The lowest BCUT2D eigenvalue weighted by Gasteiger charge is -2.06. The van der Waals surface area contributed by atoms with E-state index in [0.29, 0.717) is 6.61 Å². The molecule has 0 radical (unpaired) electrons. The number of benzene rings is 1. The summed E-state index contributed by atoms with van der Waals surface area (Å²) < 4.78 is 5.25. The zero-order valence-corrected chi connectivity index (χ0v) is 8.78. The second kappa shape index (κ2) is 7.04. The van der Waals surface area contributed by atoms with Crippen LogP contribution in [0.4, 0.5) is 0 Å². The normalized spacial score (nSPS) is 9.93. The van der Waals surface area contributed by atoms with E-state index < -0.39 is 0 Å². The summed E-state index contributed by atoms with van der Waals surface area (Å²) in [6, 6.07) is 7.81. The van der Waals surface area contributed by atoms with Gasteiger partial charge in [-0.05, 0) is 17.7 Å². The van der Waals surface area contributed by atoms with Crippen molar-refractivity contribution >= 4 is 0 Å². The van der Waals surface area contributed by atoms with E-state index in [0.717, 1.165) is 18.8 Å². The molecule has 0 fully saturated rings. The van der Waals surface area contributed by atoms with Crippen molar-refractivity contribution in [3.8, 4) is 5.75 Å². The molecule has 0 saturated heterocycles. The zero-order valence-electron chi connectivity index (χ0n) is 8.78. The van der Waals surface area contributed by atoms with E-state index in [1.54, 1.807) is 0 Å². The Morgan fingerprint density at radius 1 is 1.33 bits per heavy atom. The number of aliphatic hydroxyl groups is 1. The molecule has 3 nitrogen and oxygen atoms in total. The largest absolute Gasteiger partial charge is 0.491 e. The number of rotatable bonds is 7. The Morgan fingerprint density at radius 3 is 2.67 bits per heavy atom. The Labute approximate surface area is 90.4 Å². The Hall–Kier alpha value is -1.32. The highest BCUT2D eigenvalue weighted by atomic mass is 16.5. The molecule has 1 aromatic carbocycles. The third-order valence-electron chi connectivity index (χ3n) is 1.90. The van der Waals surface area contributed by atoms with Gasteiger partial charge in [-0.3, -0.25) is 0 Å². The van der Waals surface area contributed by atoms with Crippen LogP contribution in [-0.2, 0) is 6.54 Å². The topological polar surface area (TPSA) is 41.5 Å². The Bertz CT molecular complexity index is 282. The Morgan fingerprint density at radius 2 is 2.07 bits per heavy atom. The van der Waals surface area contributed by atoms with Gasteiger partial charge in [-0.1, -0.05) is 18.2 Å². The van der Waals surface area contributed by atoms with Gasteiger partial charge in [0.05, 0.1) is 6.61 Å². The minimum absolute atomic E-state index is 0.0443. The average Bonchev–Trinajstić information content (AvgIpc) is 2.28. The van der Waals surface area contributed by atoms with Crippen LogP contribution in [0.1, 0.15) is 5.56 Å². The summed E-state index contributed by atoms with van der Waals surface area (Å²) in [5.74, 6) is 0.788. The van der Waals surface area contributed by atoms with E-state index in [9.17, 15) is 0 Å². The summed E-state index contributed by atoms with van der Waals surface area (Å²) in [4.78, 5) is 0. The van der Waals surface area contributed by atoms with Crippen LogP contribution in [0.2, 0.25) is 0 Å². The molecule has 3 heteroatoms. The molecule has 0 bridgehead atoms. The number of ether oxygens (including phenoxy) is 1. The summed E-state index contributed by atoms with van der Waals surface area (Å²) in [6.45, 7) is 5.65. The van der Waals surface area contributed by atoms with Crippen molar-refractivity contribution in [1.82, 2.24) is 5.32 Å². The monoisotopic (exact) mass is 207 g/mol. The first-order chi connectivity index (χ1) is 7.36. The lowest BCUT2D eigenvalue weighted by molar-refractivity contribution is 0.201. The fourth-order valence-electron chi connectivity index (χ4n) is 1.19. The maximum atomic E-state index is 8.58. The molecular weight excluding hydrogens is 190 g/mol. The first-order valence-electron chi connectivity index (χ1n) is 5.01. The summed E-state index contributed by atoms with van der Waals surface area (Å²) in [5.41, 5.74) is 1.20. The molecule has 0 amide bonds. The Balaban J connectivity index is 2.38. The molecule has 0 aliphatic heterocycles. The van der Waals surface area contributed by atoms with Crippen molar-refractivity contribution in [3.05, 3.63) is 42.5 Å². The maximum Gasteiger partial charge on any atom is 0.119 e. The van der Waals surface area contributed by atoms with Crippen LogP contribution in [0.5, 0.6) is 5.75 Å². The molecule has 0 saturated carbocycles. The van der Waals surface area contributed by atoms with Crippen LogP contribution in [-0.4, -0.2) is 24.9 Å². The maximum absolute atomic E-state index is 8.58. The molecule has 0 heterocycles. The number of nitrogens with one attached hydrogen (secondary N) is 1. The van der Waals surface area contributed by atoms with Gasteiger partial charge in [-0.25, -0.2) is 0 Å². The van der Waals surface area contributed by atoms with E-state index >= 15 is 0 Å². The van der Waals surface area contributed by atoms with Crippen molar-refractivity contribution in [3.63, 3.8) is 0 Å². The quantitative estimate of drug-likeness (QED) is 0.523. The van der Waals surface area contributed by atoms with Gasteiger partial charge in [0, 0.05) is 13.1 Å². The highest BCUT2D eigenvalue weighted by Crippen LogP contribution is 2.11. The Kier molecular flexibility index (Phi) is 5.51. The highest BCUT2D eigenvalue weighted by Gasteiger charge is 1.94. The first-order valence-corrected chi connectivity index (χ1v) is 5.01. The molecule has 0 spiro atoms. The van der Waals surface area contributed by atoms with Crippen molar-refractivity contribution in [2.45, 2.75) is 6.54 Å². The van der Waals surface area contributed by atoms with Crippen LogP contribution < -0.4 is 10.1 Å². The second-order valence-electron chi connectivity index (χ2n) is 3.14. The van der Waals surface area contributed by atoms with Crippen molar-refractivity contribution in [2.75, 3.05) is 19.8 Å². The van der Waals surface area contributed by atoms with Gasteiger partial charge in [0.1, 0.15) is 12.4 Å². The number of aliphatic hydroxyl groups excluding tert-OH is 1. The summed E-state index contributed by atoms with van der Waals surface area (Å²) >= 11 is 0. The van der Waals surface area contributed by atoms with E-state index in [4.69, 9.17) is 9.84 Å². The van der Waals surface area contributed by atoms with Gasteiger partial charge in [-0.15, -0.1) is 6.58 Å². The third kappa shape index (κ3) is 4.63. The van der Waals surface area contributed by atoms with Crippen LogP contribution in [0.15, 0.2) is 36.9 Å². The molecule has 0 unspecified atom stereocenters. The minimum atomic E-state index is 0.0443. The fraction of sp³-hybridized carbons (Fsp3) is 0.333. The lowest BCUT2D eigenvalue weighted by atomic mass is 10.2. The van der Waals surface area contributed by atoms with E-state index in [-0.39, 0.29) is 6.61 Å². The van der Waals surface area contributed by atoms with Crippen LogP contribution in [0, 0.1) is 0 Å². The van der Waals surface area contributed by atoms with E-state index in [1.165, 1.54) is 5.56 Å². The minimum Gasteiger partial charge on any atom is -0.491 e. The number of hydrogen-bond acceptors (Lipinski definition) is 3. The van der Waals surface area contributed by atoms with Gasteiger partial charge in [0.2, 0.25) is 0 Å². The molecule has 0 aliphatic rings. The summed E-state index contributed by atoms with van der Waals surface area (Å²) in [6.07, 6.45) is 1.83. The van der Waals surface area contributed by atoms with Crippen molar-refractivity contribution in [2.24, 2.45) is 0 Å². The summed E-state index contributed by atoms with van der Waals surface area (Å²) in [7, 11) is 0. The van der Waals surface area contributed by atoms with Gasteiger partial charge in [0.25, 0.3) is 0 Å². The molecule has 1 aromatic rings. The molecule has 15 heavy (non-hydrogen) atoms. The summed E-state index contributed by atoms with van der Waals surface area (Å²) in [5, 5.41) is 11.8. The average molecular weight is 207 g/mol. The van der Waals surface area contributed by atoms with Crippen LogP contribution >= 0.6 is 0 Å². The molecule has 0 aliphatic carbocycles. The highest BCUT2D eigenvalue weighted by molar-refractivity contribution is 5.27. The fourth-order valence-corrected chi connectivity index (χ4v) is 1.19. The first kappa shape index (κ1) is 11.8. The van der Waals surface area contributed by atoms with Gasteiger partial charge >= 0.3 is 0 Å². The lowest BCUT2D eigenvalue weighted by Crippen LogP contribution is -2.12. The second-order valence-corrected chi connectivity index (χ2v) is 3.14. The zero-order chi connectivity index (χ0) is 10.9. The van der Waals surface area contributed by atoms with Gasteiger partial charge in [-0.2, -0.15) is 0 Å². The van der Waals surface area contributed by atoms with Crippen molar-refractivity contribution in [1.29, 1.82) is 0 Å². The third-order valence-corrected chi connectivity index (χ3v) is 1.90. The van der Waals surface area contributed by atoms with Crippen LogP contribution in [0.25, 0.3) is 0 Å². The molecule has 1 rings (SSSR count).